The van der Waals surface area contributed by atoms with E-state index < -0.39 is 0 Å². The molecule has 0 bridgehead atoms. The molecule has 1 aromatic heterocycles. The van der Waals surface area contributed by atoms with Crippen LogP contribution in [0.5, 0.6) is 0 Å². The first-order valence-electron chi connectivity index (χ1n) is 7.99. The van der Waals surface area contributed by atoms with Gasteiger partial charge in [0.2, 0.25) is 0 Å². The van der Waals surface area contributed by atoms with E-state index in [1.807, 2.05) is 0 Å². The number of likely N-dealkylation sites (N-methyl/N-ethyl adjacent to an activating group) is 1. The Hall–Kier alpha value is -0.650. The van der Waals surface area contributed by atoms with Gasteiger partial charge in [-0.2, -0.15) is 0 Å². The molecule has 1 heterocycles. The Morgan fingerprint density at radius 3 is 2.90 bits per heavy atom. The van der Waals surface area contributed by atoms with Gasteiger partial charge in [0.15, 0.2) is 5.13 Å². The first-order chi connectivity index (χ1) is 9.94. The maximum Gasteiger partial charge on any atom is 0.185 e. The quantitative estimate of drug-likeness (QED) is 0.821. The highest BCUT2D eigenvalue weighted by molar-refractivity contribution is 7.15. The van der Waals surface area contributed by atoms with Crippen molar-refractivity contribution in [2.45, 2.75) is 45.6 Å². The van der Waals surface area contributed by atoms with Crippen molar-refractivity contribution >= 4 is 16.5 Å². The monoisotopic (exact) mass is 309 g/mol. The maximum atomic E-state index is 6.32. The number of hydrogen-bond acceptors (Lipinski definition) is 5. The topological polar surface area (TPSA) is 51.4 Å². The molecule has 0 spiro atoms. The number of aromatic nitrogens is 1. The van der Waals surface area contributed by atoms with Gasteiger partial charge in [0.1, 0.15) is 0 Å². The van der Waals surface area contributed by atoms with Crippen LogP contribution in [0.2, 0.25) is 0 Å². The van der Waals surface area contributed by atoms with Gasteiger partial charge < -0.3 is 15.4 Å². The minimum absolute atomic E-state index is 0.148. The molecule has 2 aliphatic carbocycles. The zero-order chi connectivity index (χ0) is 15.0. The molecule has 2 aliphatic rings. The maximum absolute atomic E-state index is 6.32. The highest BCUT2D eigenvalue weighted by Gasteiger charge is 2.33. The van der Waals surface area contributed by atoms with Crippen LogP contribution >= 0.6 is 11.3 Å². The molecule has 4 nitrogen and oxygen atoms in total. The van der Waals surface area contributed by atoms with Crippen LogP contribution in [0, 0.1) is 11.3 Å². The van der Waals surface area contributed by atoms with Crippen LogP contribution in [0.15, 0.2) is 0 Å². The number of ether oxygens (including phenoxy) is 1. The van der Waals surface area contributed by atoms with Gasteiger partial charge in [0.05, 0.1) is 12.3 Å². The summed E-state index contributed by atoms with van der Waals surface area (Å²) in [7, 11) is 2.10. The predicted octanol–water partition coefficient (Wildman–Crippen LogP) is 2.98. The fourth-order valence-corrected chi connectivity index (χ4v) is 4.05. The Morgan fingerprint density at radius 1 is 1.43 bits per heavy atom. The van der Waals surface area contributed by atoms with Crippen molar-refractivity contribution in [3.05, 3.63) is 10.6 Å². The Bertz CT molecular complexity index is 496. The molecule has 1 unspecified atom stereocenters. The molecule has 21 heavy (non-hydrogen) atoms. The average molecular weight is 309 g/mol. The fourth-order valence-electron chi connectivity index (χ4n) is 2.98. The van der Waals surface area contributed by atoms with Crippen LogP contribution in [0.1, 0.15) is 49.7 Å². The van der Waals surface area contributed by atoms with Gasteiger partial charge in [0.25, 0.3) is 0 Å². The summed E-state index contributed by atoms with van der Waals surface area (Å²) in [6.07, 6.45) is 4.79. The third-order valence-electron chi connectivity index (χ3n) is 4.42. The van der Waals surface area contributed by atoms with Crippen LogP contribution in [0.25, 0.3) is 0 Å². The molecule has 0 aliphatic heterocycles. The summed E-state index contributed by atoms with van der Waals surface area (Å²) in [4.78, 5) is 8.32. The summed E-state index contributed by atoms with van der Waals surface area (Å²) in [6, 6.07) is 0.148. The SMILES string of the molecule is CN(CCOCC1CC1)c1nc2c(s1)C(N)CC(C)(C)C2. The number of anilines is 1. The molecule has 2 N–H and O–H groups in total. The van der Waals surface area contributed by atoms with Gasteiger partial charge in [-0.3, -0.25) is 0 Å². The number of nitrogens with zero attached hydrogens (tertiary/aromatic N) is 2. The highest BCUT2D eigenvalue weighted by Crippen LogP contribution is 2.43. The summed E-state index contributed by atoms with van der Waals surface area (Å²) < 4.78 is 5.72. The van der Waals surface area contributed by atoms with Crippen molar-refractivity contribution in [1.82, 2.24) is 4.98 Å². The summed E-state index contributed by atoms with van der Waals surface area (Å²) in [5.41, 5.74) is 7.80. The van der Waals surface area contributed by atoms with Gasteiger partial charge in [-0.1, -0.05) is 13.8 Å². The number of thiazole rings is 1. The number of nitrogens with two attached hydrogens (primary N) is 1. The van der Waals surface area contributed by atoms with E-state index in [0.717, 1.165) is 43.6 Å². The van der Waals surface area contributed by atoms with Crippen molar-refractivity contribution in [3.8, 4) is 0 Å². The van der Waals surface area contributed by atoms with Crippen LogP contribution in [0.3, 0.4) is 0 Å². The van der Waals surface area contributed by atoms with E-state index in [-0.39, 0.29) is 11.5 Å². The number of hydrogen-bond donors (Lipinski definition) is 1. The number of rotatable bonds is 6. The minimum Gasteiger partial charge on any atom is -0.379 e. The van der Waals surface area contributed by atoms with E-state index in [1.54, 1.807) is 11.3 Å². The molecule has 0 amide bonds. The zero-order valence-corrected chi connectivity index (χ0v) is 14.2. The molecule has 1 atom stereocenters. The van der Waals surface area contributed by atoms with E-state index in [0.29, 0.717) is 0 Å². The molecular formula is C16H27N3OS. The van der Waals surface area contributed by atoms with Gasteiger partial charge in [0, 0.05) is 31.1 Å². The van der Waals surface area contributed by atoms with Gasteiger partial charge >= 0.3 is 0 Å². The van der Waals surface area contributed by atoms with E-state index >= 15 is 0 Å². The first-order valence-corrected chi connectivity index (χ1v) is 8.80. The first kappa shape index (κ1) is 15.3. The van der Waals surface area contributed by atoms with E-state index in [2.05, 4.69) is 25.8 Å². The van der Waals surface area contributed by atoms with Crippen LogP contribution in [-0.4, -0.2) is 31.8 Å². The Morgan fingerprint density at radius 2 is 2.19 bits per heavy atom. The highest BCUT2D eigenvalue weighted by atomic mass is 32.1. The third kappa shape index (κ3) is 3.76. The van der Waals surface area contributed by atoms with Crippen LogP contribution < -0.4 is 10.6 Å². The fraction of sp³-hybridized carbons (Fsp3) is 0.812. The lowest BCUT2D eigenvalue weighted by atomic mass is 9.77. The Kier molecular flexibility index (Phi) is 4.26. The minimum atomic E-state index is 0.148. The lowest BCUT2D eigenvalue weighted by molar-refractivity contribution is 0.131. The molecule has 1 aromatic rings. The molecule has 0 radical (unpaired) electrons. The van der Waals surface area contributed by atoms with Gasteiger partial charge in [-0.15, -0.1) is 11.3 Å². The van der Waals surface area contributed by atoms with Crippen molar-refractivity contribution in [3.63, 3.8) is 0 Å². The van der Waals surface area contributed by atoms with E-state index in [1.165, 1.54) is 23.4 Å². The lowest BCUT2D eigenvalue weighted by Gasteiger charge is -2.32. The molecule has 118 valence electrons. The normalized spacial score (nSPS) is 23.9. The smallest absolute Gasteiger partial charge is 0.185 e. The molecule has 3 rings (SSSR count). The molecule has 1 saturated carbocycles. The standard InChI is InChI=1S/C16H27N3OS/c1-16(2)8-12(17)14-13(9-16)18-15(21-14)19(3)6-7-20-10-11-4-5-11/h11-12H,4-10,17H2,1-3H3. The van der Waals surface area contributed by atoms with Crippen molar-refractivity contribution < 1.29 is 4.74 Å². The third-order valence-corrected chi connectivity index (χ3v) is 5.76. The zero-order valence-electron chi connectivity index (χ0n) is 13.4. The number of fused-ring (bicyclic) bond motifs is 1. The lowest BCUT2D eigenvalue weighted by Crippen LogP contribution is -2.28. The largest absolute Gasteiger partial charge is 0.379 e. The van der Waals surface area contributed by atoms with Crippen molar-refractivity contribution in [2.75, 3.05) is 31.7 Å². The van der Waals surface area contributed by atoms with Crippen LogP contribution in [-0.2, 0) is 11.2 Å². The summed E-state index contributed by atoms with van der Waals surface area (Å²) in [5, 5.41) is 1.09. The van der Waals surface area contributed by atoms with Crippen molar-refractivity contribution in [1.29, 1.82) is 0 Å². The van der Waals surface area contributed by atoms with Gasteiger partial charge in [-0.05, 0) is 37.0 Å². The van der Waals surface area contributed by atoms with E-state index in [4.69, 9.17) is 15.5 Å². The van der Waals surface area contributed by atoms with Gasteiger partial charge in [-0.25, -0.2) is 4.98 Å². The second-order valence-electron chi connectivity index (χ2n) is 7.40. The summed E-state index contributed by atoms with van der Waals surface area (Å²) in [5.74, 6) is 0.836. The predicted molar refractivity (Wildman–Crippen MR) is 88.0 cm³/mol. The molecule has 0 saturated heterocycles. The average Bonchev–Trinajstić information content (AvgIpc) is 3.11. The second-order valence-corrected chi connectivity index (χ2v) is 8.41. The summed E-state index contributed by atoms with van der Waals surface area (Å²) in [6.45, 7) is 7.18. The Balaban J connectivity index is 1.58. The second kappa shape index (κ2) is 5.86. The molecule has 1 fully saturated rings. The molecule has 5 heteroatoms. The molecular weight excluding hydrogens is 282 g/mol. The summed E-state index contributed by atoms with van der Waals surface area (Å²) >= 11 is 1.76. The van der Waals surface area contributed by atoms with Crippen LogP contribution in [0.4, 0.5) is 5.13 Å². The van der Waals surface area contributed by atoms with E-state index in [9.17, 15) is 0 Å². The molecule has 0 aromatic carbocycles. The Labute approximate surface area is 131 Å². The van der Waals surface area contributed by atoms with Crippen molar-refractivity contribution in [2.24, 2.45) is 17.1 Å².